The Morgan fingerprint density at radius 1 is 0.895 bits per heavy atom. The molecule has 9 nitrogen and oxygen atoms in total. The molecule has 4 rings (SSSR count). The van der Waals surface area contributed by atoms with Gasteiger partial charge in [0.15, 0.2) is 11.5 Å². The smallest absolute Gasteiger partial charge is 0.337 e. The first kappa shape index (κ1) is 26.3. The summed E-state index contributed by atoms with van der Waals surface area (Å²) in [6, 6.07) is 14.8. The lowest BCUT2D eigenvalue weighted by molar-refractivity contribution is -0.122. The molecule has 3 aromatic rings. The minimum absolute atomic E-state index is 0.0493. The molecule has 0 aliphatic carbocycles. The quantitative estimate of drug-likeness (QED) is 0.330. The van der Waals surface area contributed by atoms with Gasteiger partial charge in [0.25, 0.3) is 11.8 Å². The van der Waals surface area contributed by atoms with Gasteiger partial charge in [-0.1, -0.05) is 12.1 Å². The predicted molar refractivity (Wildman–Crippen MR) is 134 cm³/mol. The molecule has 38 heavy (non-hydrogen) atoms. The molecule has 1 saturated heterocycles. The van der Waals surface area contributed by atoms with E-state index in [0.717, 1.165) is 4.90 Å². The number of amides is 3. The van der Waals surface area contributed by atoms with Gasteiger partial charge in [-0.3, -0.25) is 14.4 Å². The largest absolute Gasteiger partial charge is 0.493 e. The Balaban J connectivity index is 1.68. The highest BCUT2D eigenvalue weighted by Crippen LogP contribution is 2.31. The van der Waals surface area contributed by atoms with E-state index in [1.165, 1.54) is 86.9 Å². The number of hydrogen-bond acceptors (Lipinski definition) is 7. The van der Waals surface area contributed by atoms with Crippen LogP contribution in [0.1, 0.15) is 32.7 Å². The number of ether oxygens (including phenoxy) is 3. The maximum absolute atomic E-state index is 13.7. The molecule has 1 heterocycles. The third kappa shape index (κ3) is 5.19. The molecule has 3 amide bonds. The van der Waals surface area contributed by atoms with Crippen molar-refractivity contribution in [1.82, 2.24) is 4.90 Å². The summed E-state index contributed by atoms with van der Waals surface area (Å²) in [5, 5.41) is 0. The monoisotopic (exact) mass is 520 g/mol. The minimum atomic E-state index is -1.12. The Labute approximate surface area is 218 Å². The fraction of sp³-hybridized carbons (Fsp3) is 0.214. The number of hydrogen-bond donors (Lipinski definition) is 0. The zero-order chi connectivity index (χ0) is 27.4. The third-order valence-electron chi connectivity index (χ3n) is 6.20. The van der Waals surface area contributed by atoms with Crippen LogP contribution >= 0.6 is 0 Å². The van der Waals surface area contributed by atoms with Gasteiger partial charge in [0.2, 0.25) is 5.91 Å². The van der Waals surface area contributed by atoms with Gasteiger partial charge in [-0.15, -0.1) is 0 Å². The zero-order valence-corrected chi connectivity index (χ0v) is 21.0. The number of imide groups is 1. The van der Waals surface area contributed by atoms with Crippen LogP contribution in [-0.2, 0) is 20.9 Å². The first-order chi connectivity index (χ1) is 18.3. The van der Waals surface area contributed by atoms with Crippen LogP contribution < -0.4 is 14.4 Å². The number of nitrogens with zero attached hydrogens (tertiary/aromatic N) is 2. The van der Waals surface area contributed by atoms with Gasteiger partial charge in [-0.25, -0.2) is 14.1 Å². The van der Waals surface area contributed by atoms with Gasteiger partial charge in [0.05, 0.1) is 39.0 Å². The molecule has 1 atom stereocenters. The van der Waals surface area contributed by atoms with E-state index >= 15 is 0 Å². The maximum atomic E-state index is 13.7. The summed E-state index contributed by atoms with van der Waals surface area (Å²) in [5.74, 6) is -1.89. The van der Waals surface area contributed by atoms with Crippen molar-refractivity contribution in [2.75, 3.05) is 26.2 Å². The lowest BCUT2D eigenvalue weighted by Gasteiger charge is -2.28. The van der Waals surface area contributed by atoms with E-state index in [1.54, 1.807) is 6.07 Å². The van der Waals surface area contributed by atoms with Gasteiger partial charge < -0.3 is 19.1 Å². The minimum Gasteiger partial charge on any atom is -0.493 e. The second-order valence-corrected chi connectivity index (χ2v) is 8.46. The summed E-state index contributed by atoms with van der Waals surface area (Å²) < 4.78 is 28.8. The number of benzene rings is 3. The number of esters is 1. The molecule has 0 bridgehead atoms. The first-order valence-corrected chi connectivity index (χ1v) is 11.6. The van der Waals surface area contributed by atoms with Crippen LogP contribution in [0.2, 0.25) is 0 Å². The molecule has 0 N–H and O–H groups in total. The summed E-state index contributed by atoms with van der Waals surface area (Å²) in [4.78, 5) is 54.3. The Kier molecular flexibility index (Phi) is 7.71. The van der Waals surface area contributed by atoms with Gasteiger partial charge in [0, 0.05) is 12.1 Å². The second-order valence-electron chi connectivity index (χ2n) is 8.46. The Hall–Kier alpha value is -4.73. The Bertz CT molecular complexity index is 1370. The highest BCUT2D eigenvalue weighted by molar-refractivity contribution is 6.23. The number of rotatable bonds is 8. The lowest BCUT2D eigenvalue weighted by atomic mass is 10.1. The number of carbonyl (C=O) groups is 4. The van der Waals surface area contributed by atoms with E-state index < -0.39 is 35.5 Å². The van der Waals surface area contributed by atoms with Crippen molar-refractivity contribution in [2.24, 2.45) is 0 Å². The molecule has 0 spiro atoms. The van der Waals surface area contributed by atoms with E-state index in [-0.39, 0.29) is 29.8 Å². The molecule has 1 unspecified atom stereocenters. The number of anilines is 1. The summed E-state index contributed by atoms with van der Waals surface area (Å²) in [6.45, 7) is -0.0493. The van der Waals surface area contributed by atoms with Crippen LogP contribution in [0, 0.1) is 5.82 Å². The third-order valence-corrected chi connectivity index (χ3v) is 6.20. The molecule has 3 aromatic carbocycles. The Morgan fingerprint density at radius 2 is 1.53 bits per heavy atom. The van der Waals surface area contributed by atoms with Crippen molar-refractivity contribution in [3.05, 3.63) is 89.2 Å². The average Bonchev–Trinajstić information content (AvgIpc) is 3.24. The number of halogens is 1. The van der Waals surface area contributed by atoms with Crippen molar-refractivity contribution in [1.29, 1.82) is 0 Å². The summed E-state index contributed by atoms with van der Waals surface area (Å²) in [6.07, 6.45) is -0.252. The van der Waals surface area contributed by atoms with E-state index in [1.807, 2.05) is 0 Å². The van der Waals surface area contributed by atoms with Gasteiger partial charge in [0.1, 0.15) is 11.9 Å². The van der Waals surface area contributed by atoms with Crippen LogP contribution in [-0.4, -0.2) is 56.0 Å². The van der Waals surface area contributed by atoms with Crippen LogP contribution in [0.4, 0.5) is 10.1 Å². The summed E-state index contributed by atoms with van der Waals surface area (Å²) in [7, 11) is 4.15. The predicted octanol–water partition coefficient (Wildman–Crippen LogP) is 3.60. The van der Waals surface area contributed by atoms with Crippen LogP contribution in [0.25, 0.3) is 0 Å². The number of methoxy groups -OCH3 is 3. The molecule has 1 aliphatic heterocycles. The maximum Gasteiger partial charge on any atom is 0.337 e. The van der Waals surface area contributed by atoms with Gasteiger partial charge >= 0.3 is 5.97 Å². The zero-order valence-electron chi connectivity index (χ0n) is 21.0. The average molecular weight is 521 g/mol. The van der Waals surface area contributed by atoms with Gasteiger partial charge in [-0.05, 0) is 60.2 Å². The molecular weight excluding hydrogens is 495 g/mol. The first-order valence-electron chi connectivity index (χ1n) is 11.6. The van der Waals surface area contributed by atoms with Crippen molar-refractivity contribution in [3.8, 4) is 11.5 Å². The van der Waals surface area contributed by atoms with Crippen molar-refractivity contribution < 1.29 is 37.8 Å². The van der Waals surface area contributed by atoms with E-state index in [4.69, 9.17) is 9.47 Å². The molecule has 1 fully saturated rings. The highest BCUT2D eigenvalue weighted by atomic mass is 19.1. The molecule has 0 aromatic heterocycles. The second kappa shape index (κ2) is 11.1. The van der Waals surface area contributed by atoms with Crippen molar-refractivity contribution in [3.63, 3.8) is 0 Å². The molecule has 196 valence electrons. The molecule has 10 heteroatoms. The van der Waals surface area contributed by atoms with Crippen LogP contribution in [0.15, 0.2) is 66.7 Å². The van der Waals surface area contributed by atoms with Crippen LogP contribution in [0.5, 0.6) is 11.5 Å². The molecule has 0 radical (unpaired) electrons. The Morgan fingerprint density at radius 3 is 2.13 bits per heavy atom. The van der Waals surface area contributed by atoms with Crippen molar-refractivity contribution >= 4 is 29.4 Å². The fourth-order valence-corrected chi connectivity index (χ4v) is 4.24. The van der Waals surface area contributed by atoms with E-state index in [2.05, 4.69) is 4.74 Å². The summed E-state index contributed by atoms with van der Waals surface area (Å²) >= 11 is 0. The number of carbonyl (C=O) groups excluding carboxylic acids is 4. The van der Waals surface area contributed by atoms with E-state index in [0.29, 0.717) is 17.1 Å². The molecular formula is C28H25FN2O7. The normalized spacial score (nSPS) is 14.8. The van der Waals surface area contributed by atoms with E-state index in [9.17, 15) is 23.6 Å². The molecule has 1 aliphatic rings. The SMILES string of the molecule is COC(=O)c1ccc(N2C(=O)CC(N(Cc3ccc(F)cc3)C(=O)c3ccc(OC)c(OC)c3)C2=O)cc1. The lowest BCUT2D eigenvalue weighted by Crippen LogP contribution is -2.45. The standard InChI is InChI=1S/C28H25FN2O7/c1-36-23-13-8-19(14-24(23)37-2)26(33)30(16-17-4-9-20(29)10-5-17)22-15-25(32)31(27(22)34)21-11-6-18(7-12-21)28(35)38-3/h4-14,22H,15-16H2,1-3H3. The molecule has 0 saturated carbocycles. The van der Waals surface area contributed by atoms with Gasteiger partial charge in [-0.2, -0.15) is 0 Å². The van der Waals surface area contributed by atoms with Crippen LogP contribution in [0.3, 0.4) is 0 Å². The van der Waals surface area contributed by atoms with Crippen molar-refractivity contribution in [2.45, 2.75) is 19.0 Å². The highest BCUT2D eigenvalue weighted by Gasteiger charge is 2.44. The topological polar surface area (TPSA) is 102 Å². The fourth-order valence-electron chi connectivity index (χ4n) is 4.24. The summed E-state index contributed by atoms with van der Waals surface area (Å²) in [5.41, 5.74) is 1.30.